The van der Waals surface area contributed by atoms with Crippen LogP contribution in [-0.4, -0.2) is 36.7 Å². The third kappa shape index (κ3) is 4.13. The number of nitrogens with one attached hydrogen (secondary N) is 2. The van der Waals surface area contributed by atoms with Crippen molar-refractivity contribution in [2.24, 2.45) is 0 Å². The van der Waals surface area contributed by atoms with Crippen molar-refractivity contribution < 1.29 is 9.64 Å². The molecule has 1 fully saturated rings. The summed E-state index contributed by atoms with van der Waals surface area (Å²) in [7, 11) is 1.70. The Hall–Kier alpha value is -2.18. The number of fused-ring (bicyclic) bond motifs is 1. The summed E-state index contributed by atoms with van der Waals surface area (Å²) in [5.41, 5.74) is 2.59. The molecule has 2 N–H and O–H groups in total. The lowest BCUT2D eigenvalue weighted by atomic mass is 10.1. The highest BCUT2D eigenvalue weighted by Crippen LogP contribution is 2.33. The largest absolute Gasteiger partial charge is 0.497 e. The number of benzene rings is 1. The van der Waals surface area contributed by atoms with E-state index in [1.807, 2.05) is 12.1 Å². The van der Waals surface area contributed by atoms with Gasteiger partial charge in [-0.1, -0.05) is 12.1 Å². The van der Waals surface area contributed by atoms with Crippen LogP contribution in [0.5, 0.6) is 5.75 Å². The summed E-state index contributed by atoms with van der Waals surface area (Å²) >= 11 is 1.78. The average molecular weight is 398 g/mol. The van der Waals surface area contributed by atoms with E-state index in [4.69, 9.17) is 14.7 Å². The van der Waals surface area contributed by atoms with E-state index in [9.17, 15) is 0 Å². The highest BCUT2D eigenvalue weighted by molar-refractivity contribution is 7.18. The van der Waals surface area contributed by atoms with Gasteiger partial charge in [0.25, 0.3) is 0 Å². The molecule has 3 heterocycles. The topological polar surface area (TPSA) is 51.5 Å². The number of rotatable bonds is 7. The van der Waals surface area contributed by atoms with Crippen LogP contribution in [0.1, 0.15) is 34.7 Å². The first kappa shape index (κ1) is 19.2. The summed E-state index contributed by atoms with van der Waals surface area (Å²) in [4.78, 5) is 13.9. The number of methoxy groups -OCH3 is 1. The number of hydrogen-bond acceptors (Lipinski definition) is 5. The van der Waals surface area contributed by atoms with Gasteiger partial charge in [-0.2, -0.15) is 0 Å². The zero-order valence-corrected chi connectivity index (χ0v) is 17.8. The van der Waals surface area contributed by atoms with Crippen molar-refractivity contribution in [3.8, 4) is 5.75 Å². The van der Waals surface area contributed by atoms with Gasteiger partial charge in [0.1, 0.15) is 22.9 Å². The minimum atomic E-state index is 0.850. The third-order valence-electron chi connectivity index (χ3n) is 5.66. The van der Waals surface area contributed by atoms with Crippen molar-refractivity contribution in [2.45, 2.75) is 39.7 Å². The molecule has 28 heavy (non-hydrogen) atoms. The maximum Gasteiger partial charge on any atom is 0.187 e. The molecule has 2 aromatic heterocycles. The molecule has 1 aliphatic rings. The molecule has 1 saturated heterocycles. The molecule has 0 unspecified atom stereocenters. The number of anilines is 1. The first-order valence-electron chi connectivity index (χ1n) is 10.1. The van der Waals surface area contributed by atoms with Crippen molar-refractivity contribution in [1.29, 1.82) is 0 Å². The van der Waals surface area contributed by atoms with Gasteiger partial charge in [0, 0.05) is 24.3 Å². The fraction of sp³-hybridized carbons (Fsp3) is 0.455. The highest BCUT2D eigenvalue weighted by Gasteiger charge is 2.20. The van der Waals surface area contributed by atoms with Gasteiger partial charge in [0.05, 0.1) is 25.6 Å². The number of likely N-dealkylation sites (tertiary alicyclic amines) is 1. The van der Waals surface area contributed by atoms with Gasteiger partial charge >= 0.3 is 0 Å². The molecule has 1 aromatic carbocycles. The summed E-state index contributed by atoms with van der Waals surface area (Å²) in [6.07, 6.45) is 3.59. The molecule has 4 rings (SSSR count). The van der Waals surface area contributed by atoms with E-state index >= 15 is 0 Å². The van der Waals surface area contributed by atoms with Crippen molar-refractivity contribution in [2.75, 3.05) is 32.1 Å². The molecule has 5 nitrogen and oxygen atoms in total. The second-order valence-electron chi connectivity index (χ2n) is 7.61. The van der Waals surface area contributed by atoms with E-state index in [0.29, 0.717) is 0 Å². The van der Waals surface area contributed by atoms with Gasteiger partial charge in [-0.05, 0) is 43.5 Å². The first-order chi connectivity index (χ1) is 13.6. The molecule has 6 heteroatoms. The van der Waals surface area contributed by atoms with Crippen LogP contribution in [0.3, 0.4) is 0 Å². The lowest BCUT2D eigenvalue weighted by molar-refractivity contribution is -0.902. The summed E-state index contributed by atoms with van der Waals surface area (Å²) in [5.74, 6) is 2.86. The fourth-order valence-electron chi connectivity index (χ4n) is 3.89. The third-order valence-corrected chi connectivity index (χ3v) is 6.76. The van der Waals surface area contributed by atoms with Crippen LogP contribution in [0.2, 0.25) is 0 Å². The molecule has 1 aliphatic heterocycles. The molecular weight excluding hydrogens is 368 g/mol. The molecule has 0 bridgehead atoms. The molecule has 0 amide bonds. The number of nitrogens with zero attached hydrogens (tertiary/aromatic N) is 2. The number of quaternary nitrogens is 1. The summed E-state index contributed by atoms with van der Waals surface area (Å²) in [6, 6.07) is 8.28. The zero-order chi connectivity index (χ0) is 19.5. The van der Waals surface area contributed by atoms with Crippen LogP contribution in [-0.2, 0) is 13.0 Å². The zero-order valence-electron chi connectivity index (χ0n) is 17.0. The molecule has 0 saturated carbocycles. The first-order valence-corrected chi connectivity index (χ1v) is 10.9. The Kier molecular flexibility index (Phi) is 5.78. The quantitative estimate of drug-likeness (QED) is 0.643. The standard InChI is InChI=1S/C22H28N4OS/c1-15-16(2)28-22-20(15)21(24-19(25-22)14-26-12-4-5-13-26)23-11-10-17-6-8-18(27-3)9-7-17/h6-9H,4-5,10-14H2,1-3H3,(H,23,24,25)/p+1. The number of aryl methyl sites for hydroxylation is 2. The Balaban J connectivity index is 1.53. The van der Waals surface area contributed by atoms with E-state index in [1.165, 1.54) is 47.3 Å². The number of thiophene rings is 1. The van der Waals surface area contributed by atoms with Crippen molar-refractivity contribution in [1.82, 2.24) is 9.97 Å². The Labute approximate surface area is 170 Å². The Morgan fingerprint density at radius 3 is 2.57 bits per heavy atom. The predicted octanol–water partition coefficient (Wildman–Crippen LogP) is 3.15. The van der Waals surface area contributed by atoms with Gasteiger partial charge < -0.3 is 15.0 Å². The molecule has 148 valence electrons. The number of hydrogen-bond donors (Lipinski definition) is 2. The SMILES string of the molecule is COc1ccc(CCNc2nc(C[NH+]3CCCC3)nc3sc(C)c(C)c23)cc1. The molecule has 0 spiro atoms. The monoisotopic (exact) mass is 397 g/mol. The van der Waals surface area contributed by atoms with Crippen LogP contribution in [0.15, 0.2) is 24.3 Å². The predicted molar refractivity (Wildman–Crippen MR) is 116 cm³/mol. The lowest BCUT2D eigenvalue weighted by Crippen LogP contribution is -3.08. The molecule has 0 atom stereocenters. The number of ether oxygens (including phenoxy) is 1. The average Bonchev–Trinajstić information content (AvgIpc) is 3.30. The molecular formula is C22H29N4OS+. The van der Waals surface area contributed by atoms with Gasteiger partial charge in [-0.25, -0.2) is 9.97 Å². The van der Waals surface area contributed by atoms with Gasteiger partial charge in [-0.15, -0.1) is 11.3 Å². The van der Waals surface area contributed by atoms with E-state index in [-0.39, 0.29) is 0 Å². The summed E-state index contributed by atoms with van der Waals surface area (Å²) < 4.78 is 5.24. The molecule has 0 aliphatic carbocycles. The minimum Gasteiger partial charge on any atom is -0.497 e. The maximum atomic E-state index is 5.24. The lowest BCUT2D eigenvalue weighted by Gasteiger charge is -2.13. The highest BCUT2D eigenvalue weighted by atomic mass is 32.1. The van der Waals surface area contributed by atoms with Crippen LogP contribution in [0.4, 0.5) is 5.82 Å². The van der Waals surface area contributed by atoms with Crippen LogP contribution < -0.4 is 15.0 Å². The Morgan fingerprint density at radius 2 is 1.86 bits per heavy atom. The van der Waals surface area contributed by atoms with Crippen molar-refractivity contribution in [3.05, 3.63) is 46.1 Å². The van der Waals surface area contributed by atoms with Crippen LogP contribution in [0.25, 0.3) is 10.2 Å². The van der Waals surface area contributed by atoms with Gasteiger partial charge in [-0.3, -0.25) is 0 Å². The van der Waals surface area contributed by atoms with Gasteiger partial charge in [0.2, 0.25) is 0 Å². The fourth-order valence-corrected chi connectivity index (χ4v) is 4.94. The summed E-state index contributed by atoms with van der Waals surface area (Å²) in [6.45, 7) is 8.61. The second kappa shape index (κ2) is 8.45. The molecule has 3 aromatic rings. The minimum absolute atomic E-state index is 0.850. The van der Waals surface area contributed by atoms with E-state index in [0.717, 1.165) is 41.7 Å². The van der Waals surface area contributed by atoms with E-state index in [1.54, 1.807) is 23.3 Å². The Bertz CT molecular complexity index is 945. The summed E-state index contributed by atoms with van der Waals surface area (Å²) in [5, 5.41) is 4.79. The normalized spacial score (nSPS) is 14.7. The number of aromatic nitrogens is 2. The van der Waals surface area contributed by atoms with Crippen LogP contribution >= 0.6 is 11.3 Å². The van der Waals surface area contributed by atoms with Crippen molar-refractivity contribution in [3.63, 3.8) is 0 Å². The van der Waals surface area contributed by atoms with Gasteiger partial charge in [0.15, 0.2) is 5.82 Å². The smallest absolute Gasteiger partial charge is 0.187 e. The van der Waals surface area contributed by atoms with Crippen LogP contribution in [0, 0.1) is 13.8 Å². The van der Waals surface area contributed by atoms with Crippen molar-refractivity contribution >= 4 is 27.4 Å². The Morgan fingerprint density at radius 1 is 1.11 bits per heavy atom. The van der Waals surface area contributed by atoms with E-state index in [2.05, 4.69) is 31.3 Å². The molecule has 0 radical (unpaired) electrons. The van der Waals surface area contributed by atoms with E-state index < -0.39 is 0 Å². The second-order valence-corrected chi connectivity index (χ2v) is 8.81. The maximum absolute atomic E-state index is 5.24.